The van der Waals surface area contributed by atoms with Gasteiger partial charge < -0.3 is 9.40 Å². The van der Waals surface area contributed by atoms with Gasteiger partial charge in [-0.15, -0.1) is 16.4 Å². The van der Waals surface area contributed by atoms with Crippen molar-refractivity contribution in [3.63, 3.8) is 0 Å². The maximum absolute atomic E-state index is 6.16. The molecule has 4 aromatic carbocycles. The lowest BCUT2D eigenvalue weighted by Gasteiger charge is -2.20. The Morgan fingerprint density at radius 3 is 2.03 bits per heavy atom. The van der Waals surface area contributed by atoms with Gasteiger partial charge in [0, 0.05) is 32.6 Å². The number of furan rings is 1. The van der Waals surface area contributed by atoms with E-state index in [0.29, 0.717) is 0 Å². The molecule has 0 bridgehead atoms. The minimum atomic E-state index is 0.937. The molecule has 0 aliphatic carbocycles. The van der Waals surface area contributed by atoms with E-state index in [1.807, 2.05) is 12.1 Å². The number of hydrogen-bond donors (Lipinski definition) is 1. The molecule has 6 aromatic rings. The third-order valence-corrected chi connectivity index (χ3v) is 7.39. The SMILES string of the molecule is Bc1c(B)c(B)c(-c2ccc3[nH]c4ccc5oc6ccccc6c5c4c3c2)c(B)c1B. The van der Waals surface area contributed by atoms with E-state index < -0.39 is 0 Å². The second kappa shape index (κ2) is 6.40. The van der Waals surface area contributed by atoms with Crippen molar-refractivity contribution in [2.24, 2.45) is 0 Å². The van der Waals surface area contributed by atoms with E-state index in [1.165, 1.54) is 60.0 Å². The Kier molecular flexibility index (Phi) is 3.83. The van der Waals surface area contributed by atoms with Crippen LogP contribution >= 0.6 is 0 Å². The number of aromatic amines is 1. The Hall–Kier alpha value is -3.20. The highest BCUT2D eigenvalue weighted by Crippen LogP contribution is 2.39. The van der Waals surface area contributed by atoms with Gasteiger partial charge >= 0.3 is 0 Å². The number of benzene rings is 4. The van der Waals surface area contributed by atoms with Crippen LogP contribution in [0.25, 0.3) is 54.9 Å². The van der Waals surface area contributed by atoms with Gasteiger partial charge in [0.05, 0.1) is 0 Å². The second-order valence-corrected chi connectivity index (χ2v) is 8.84. The molecular formula is C24H20B5NO. The number of rotatable bonds is 1. The van der Waals surface area contributed by atoms with Crippen LogP contribution in [0.1, 0.15) is 0 Å². The summed E-state index contributed by atoms with van der Waals surface area (Å²) in [6.07, 6.45) is 0. The summed E-state index contributed by atoms with van der Waals surface area (Å²) in [5.41, 5.74) is 13.8. The van der Waals surface area contributed by atoms with Crippen molar-refractivity contribution in [1.82, 2.24) is 4.98 Å². The van der Waals surface area contributed by atoms with E-state index in [4.69, 9.17) is 4.42 Å². The molecule has 7 heteroatoms. The van der Waals surface area contributed by atoms with Gasteiger partial charge in [0.15, 0.2) is 0 Å². The number of nitrogens with one attached hydrogen (secondary N) is 1. The van der Waals surface area contributed by atoms with Crippen molar-refractivity contribution in [2.75, 3.05) is 0 Å². The van der Waals surface area contributed by atoms with Crippen LogP contribution in [-0.2, 0) is 0 Å². The molecule has 2 aromatic heterocycles. The summed E-state index contributed by atoms with van der Waals surface area (Å²) >= 11 is 0. The number of para-hydroxylation sites is 1. The molecule has 31 heavy (non-hydrogen) atoms. The molecule has 0 unspecified atom stereocenters. The molecule has 0 atom stereocenters. The van der Waals surface area contributed by atoms with Crippen molar-refractivity contribution >= 4 is 110 Å². The summed E-state index contributed by atoms with van der Waals surface area (Å²) in [5, 5.41) is 4.86. The van der Waals surface area contributed by atoms with Crippen molar-refractivity contribution in [3.05, 3.63) is 54.6 Å². The zero-order chi connectivity index (χ0) is 21.4. The smallest absolute Gasteiger partial charge is 0.139 e. The first kappa shape index (κ1) is 18.6. The first-order valence-electron chi connectivity index (χ1n) is 10.9. The van der Waals surface area contributed by atoms with E-state index in [0.717, 1.165) is 22.2 Å². The Balaban J connectivity index is 1.75. The molecule has 2 nitrogen and oxygen atoms in total. The lowest BCUT2D eigenvalue weighted by molar-refractivity contribution is 0.669. The fraction of sp³-hybridized carbons (Fsp3) is 0. The summed E-state index contributed by atoms with van der Waals surface area (Å²) in [4.78, 5) is 3.62. The van der Waals surface area contributed by atoms with Gasteiger partial charge in [0.25, 0.3) is 0 Å². The molecule has 6 rings (SSSR count). The molecule has 0 spiro atoms. The van der Waals surface area contributed by atoms with Gasteiger partial charge in [-0.05, 0) is 41.5 Å². The van der Waals surface area contributed by atoms with Crippen LogP contribution in [0.3, 0.4) is 0 Å². The molecular weight excluding hydrogens is 372 g/mol. The topological polar surface area (TPSA) is 28.9 Å². The first-order valence-corrected chi connectivity index (χ1v) is 10.9. The molecule has 1 N–H and O–H groups in total. The van der Waals surface area contributed by atoms with E-state index in [1.54, 1.807) is 0 Å². The third-order valence-electron chi connectivity index (χ3n) is 7.39. The van der Waals surface area contributed by atoms with Crippen LogP contribution < -0.4 is 27.3 Å². The molecule has 142 valence electrons. The molecule has 0 saturated heterocycles. The molecule has 0 aliphatic heterocycles. The normalized spacial score (nSPS) is 11.9. The summed E-state index contributed by atoms with van der Waals surface area (Å²) in [5.74, 6) is 0. The summed E-state index contributed by atoms with van der Waals surface area (Å²) < 4.78 is 6.16. The van der Waals surface area contributed by atoms with E-state index in [2.05, 4.69) is 86.7 Å². The van der Waals surface area contributed by atoms with Crippen LogP contribution in [0.4, 0.5) is 0 Å². The molecule has 0 radical (unpaired) electrons. The van der Waals surface area contributed by atoms with Crippen LogP contribution in [-0.4, -0.2) is 44.2 Å². The fourth-order valence-corrected chi connectivity index (χ4v) is 5.29. The van der Waals surface area contributed by atoms with Gasteiger partial charge in [-0.2, -0.15) is 0 Å². The highest BCUT2D eigenvalue weighted by molar-refractivity contribution is 6.68. The van der Waals surface area contributed by atoms with Crippen LogP contribution in [0.2, 0.25) is 0 Å². The molecule has 0 amide bonds. The Morgan fingerprint density at radius 2 is 1.26 bits per heavy atom. The van der Waals surface area contributed by atoms with Crippen molar-refractivity contribution < 1.29 is 4.42 Å². The molecule has 2 heterocycles. The van der Waals surface area contributed by atoms with Crippen molar-refractivity contribution in [3.8, 4) is 11.1 Å². The fourth-order valence-electron chi connectivity index (χ4n) is 5.29. The first-order chi connectivity index (χ1) is 15.0. The van der Waals surface area contributed by atoms with E-state index in [9.17, 15) is 0 Å². The Morgan fingerprint density at radius 1 is 0.581 bits per heavy atom. The quantitative estimate of drug-likeness (QED) is 0.328. The molecule has 0 fully saturated rings. The van der Waals surface area contributed by atoms with Gasteiger partial charge in [0.2, 0.25) is 0 Å². The average molecular weight is 392 g/mol. The van der Waals surface area contributed by atoms with E-state index in [-0.39, 0.29) is 0 Å². The second-order valence-electron chi connectivity index (χ2n) is 8.84. The van der Waals surface area contributed by atoms with Crippen molar-refractivity contribution in [1.29, 1.82) is 0 Å². The number of hydrogen-bond acceptors (Lipinski definition) is 1. The number of aromatic nitrogens is 1. The van der Waals surface area contributed by atoms with E-state index >= 15 is 0 Å². The Labute approximate surface area is 185 Å². The van der Waals surface area contributed by atoms with Crippen LogP contribution in [0, 0.1) is 0 Å². The lowest BCUT2D eigenvalue weighted by atomic mass is 9.59. The highest BCUT2D eigenvalue weighted by atomic mass is 16.3. The van der Waals surface area contributed by atoms with Crippen LogP contribution in [0.5, 0.6) is 0 Å². The zero-order valence-corrected chi connectivity index (χ0v) is 18.6. The highest BCUT2D eigenvalue weighted by Gasteiger charge is 2.17. The summed E-state index contributed by atoms with van der Waals surface area (Å²) in [6.45, 7) is 0. The van der Waals surface area contributed by atoms with Gasteiger partial charge in [-0.3, -0.25) is 0 Å². The monoisotopic (exact) mass is 393 g/mol. The van der Waals surface area contributed by atoms with Crippen LogP contribution in [0.15, 0.2) is 59.0 Å². The minimum Gasteiger partial charge on any atom is -0.456 e. The minimum absolute atomic E-state index is 0.937. The average Bonchev–Trinajstić information content (AvgIpc) is 3.34. The summed E-state index contributed by atoms with van der Waals surface area (Å²) in [7, 11) is 11.2. The van der Waals surface area contributed by atoms with Gasteiger partial charge in [0.1, 0.15) is 50.4 Å². The van der Waals surface area contributed by atoms with Gasteiger partial charge in [-0.1, -0.05) is 35.2 Å². The Bertz CT molecular complexity index is 1670. The summed E-state index contributed by atoms with van der Waals surface area (Å²) in [6, 6.07) is 19.4. The molecule has 0 aliphatic rings. The standard InChI is InChI=1S/C24H20B5NO/c25-20-17(21(26)23(28)24(29)22(20)27)10-5-6-13-12(9-10)18-14(30-13)7-8-16-19(18)11-3-1-2-4-15(11)31-16/h1-9,30H,25-29H2. The largest absolute Gasteiger partial charge is 0.456 e. The van der Waals surface area contributed by atoms with Gasteiger partial charge in [-0.25, -0.2) is 0 Å². The third kappa shape index (κ3) is 2.46. The number of fused-ring (bicyclic) bond motifs is 7. The number of H-pyrrole nitrogens is 1. The lowest BCUT2D eigenvalue weighted by Crippen LogP contribution is -2.55. The maximum atomic E-state index is 6.16. The predicted molar refractivity (Wildman–Crippen MR) is 149 cm³/mol. The predicted octanol–water partition coefficient (Wildman–Crippen LogP) is -1.82. The zero-order valence-electron chi connectivity index (χ0n) is 18.6. The van der Waals surface area contributed by atoms with Crippen molar-refractivity contribution in [2.45, 2.75) is 0 Å². The maximum Gasteiger partial charge on any atom is 0.139 e. The molecule has 0 saturated carbocycles.